The van der Waals surface area contributed by atoms with Crippen molar-refractivity contribution in [2.45, 2.75) is 11.3 Å². The molecule has 1 aromatic carbocycles. The molecule has 1 aromatic rings. The van der Waals surface area contributed by atoms with Gasteiger partial charge in [0.2, 0.25) is 0 Å². The zero-order valence-electron chi connectivity index (χ0n) is 9.31. The number of hydrogen-bond donors (Lipinski definition) is 0. The van der Waals surface area contributed by atoms with Crippen molar-refractivity contribution in [3.05, 3.63) is 29.3 Å². The third-order valence-corrected chi connectivity index (χ3v) is 4.19. The van der Waals surface area contributed by atoms with E-state index in [1.54, 1.807) is 6.07 Å². The summed E-state index contributed by atoms with van der Waals surface area (Å²) in [4.78, 5) is 13.8. The Morgan fingerprint density at radius 2 is 2.06 bits per heavy atom. The molecule has 6 heteroatoms. The third kappa shape index (κ3) is 2.68. The molecule has 0 radical (unpaired) electrons. The number of carbonyl (C=O) groups excluding carboxylic acids is 1. The first-order valence-corrected chi connectivity index (χ1v) is 7.48. The predicted molar refractivity (Wildman–Crippen MR) is 65.0 cm³/mol. The molecule has 0 N–H and O–H groups in total. The molecule has 0 atom stereocenters. The van der Waals surface area contributed by atoms with Gasteiger partial charge in [0.05, 0.1) is 11.4 Å². The molecule has 0 amide bonds. The van der Waals surface area contributed by atoms with E-state index in [0.717, 1.165) is 12.1 Å². The number of nitrogens with zero attached hydrogens (tertiary/aromatic N) is 1. The molecule has 17 heavy (non-hydrogen) atoms. The molecule has 4 nitrogen and oxygen atoms in total. The maximum absolute atomic E-state index is 11.9. The Morgan fingerprint density at radius 3 is 2.71 bits per heavy atom. The van der Waals surface area contributed by atoms with Gasteiger partial charge in [-0.15, -0.1) is 0 Å². The molecular weight excluding hydrogens is 262 g/mol. The zero-order chi connectivity index (χ0) is 12.6. The second-order valence-corrected chi connectivity index (χ2v) is 6.73. The largest absolute Gasteiger partial charge is 0.299 e. The smallest absolute Gasteiger partial charge is 0.261 e. The summed E-state index contributed by atoms with van der Waals surface area (Å²) in [5.74, 6) is 0.0125. The summed E-state index contributed by atoms with van der Waals surface area (Å²) in [6, 6.07) is 4.42. The average molecular weight is 274 g/mol. The van der Waals surface area contributed by atoms with Crippen molar-refractivity contribution in [1.29, 1.82) is 0 Å². The number of ketones is 1. The van der Waals surface area contributed by atoms with Gasteiger partial charge < -0.3 is 0 Å². The summed E-state index contributed by atoms with van der Waals surface area (Å²) < 4.78 is 22.4. The van der Waals surface area contributed by atoms with E-state index < -0.39 is 9.05 Å². The number of Topliss-reactive ketones (excluding diaryl/α,β-unsaturated/α-hetero) is 1. The summed E-state index contributed by atoms with van der Waals surface area (Å²) in [6.45, 7) is 1.09. The lowest BCUT2D eigenvalue weighted by atomic mass is 10.0. The predicted octanol–water partition coefficient (Wildman–Crippen LogP) is 1.28. The molecule has 0 bridgehead atoms. The van der Waals surface area contributed by atoms with Crippen molar-refractivity contribution in [1.82, 2.24) is 4.90 Å². The number of hydrogen-bond acceptors (Lipinski definition) is 4. The van der Waals surface area contributed by atoms with Gasteiger partial charge in [-0.1, -0.05) is 0 Å². The van der Waals surface area contributed by atoms with Crippen LogP contribution in [0, 0.1) is 0 Å². The van der Waals surface area contributed by atoms with Crippen LogP contribution in [0.25, 0.3) is 0 Å². The maximum atomic E-state index is 11.9. The highest BCUT2D eigenvalue weighted by Gasteiger charge is 2.20. The number of fused-ring (bicyclic) bond motifs is 1. The van der Waals surface area contributed by atoms with Gasteiger partial charge in [0.1, 0.15) is 0 Å². The van der Waals surface area contributed by atoms with Crippen molar-refractivity contribution in [3.63, 3.8) is 0 Å². The zero-order valence-corrected chi connectivity index (χ0v) is 10.9. The van der Waals surface area contributed by atoms with E-state index in [4.69, 9.17) is 10.7 Å². The Morgan fingerprint density at radius 1 is 1.35 bits per heavy atom. The minimum atomic E-state index is -3.73. The highest BCUT2D eigenvalue weighted by Crippen LogP contribution is 2.22. The molecule has 0 saturated heterocycles. The van der Waals surface area contributed by atoms with Crippen LogP contribution in [0.3, 0.4) is 0 Å². The molecular formula is C11H12ClNO3S. The van der Waals surface area contributed by atoms with E-state index in [-0.39, 0.29) is 10.7 Å². The fraction of sp³-hybridized carbons (Fsp3) is 0.364. The van der Waals surface area contributed by atoms with Gasteiger partial charge in [-0.3, -0.25) is 9.69 Å². The number of likely N-dealkylation sites (N-methyl/N-ethyl adjacent to an activating group) is 1. The van der Waals surface area contributed by atoms with Gasteiger partial charge in [0.25, 0.3) is 9.05 Å². The van der Waals surface area contributed by atoms with Crippen LogP contribution in [0.5, 0.6) is 0 Å². The average Bonchev–Trinajstić information content (AvgIpc) is 2.37. The quantitative estimate of drug-likeness (QED) is 0.724. The Labute approximate surface area is 105 Å². The standard InChI is InChI=1S/C11H12ClNO3S/c1-13-5-4-8-6-9(17(12,15)16)2-3-10(8)11(14)7-13/h2-3,6H,4-5,7H2,1H3. The van der Waals surface area contributed by atoms with Crippen molar-refractivity contribution >= 4 is 25.5 Å². The lowest BCUT2D eigenvalue weighted by Crippen LogP contribution is -2.24. The molecule has 0 aliphatic carbocycles. The Balaban J connectivity index is 2.50. The van der Waals surface area contributed by atoms with Crippen LogP contribution >= 0.6 is 10.7 Å². The molecule has 1 aliphatic heterocycles. The normalized spacial score (nSPS) is 17.6. The number of halogens is 1. The SMILES string of the molecule is CN1CCc2cc(S(=O)(=O)Cl)ccc2C(=O)C1. The Bertz CT molecular complexity index is 568. The molecule has 0 spiro atoms. The molecule has 0 unspecified atom stereocenters. The van der Waals surface area contributed by atoms with Crippen LogP contribution < -0.4 is 0 Å². The number of rotatable bonds is 1. The Kier molecular flexibility index (Phi) is 3.25. The molecule has 92 valence electrons. The van der Waals surface area contributed by atoms with E-state index in [1.165, 1.54) is 12.1 Å². The van der Waals surface area contributed by atoms with Gasteiger partial charge >= 0.3 is 0 Å². The van der Waals surface area contributed by atoms with Crippen LogP contribution in [0.15, 0.2) is 23.1 Å². The maximum Gasteiger partial charge on any atom is 0.261 e. The first-order valence-electron chi connectivity index (χ1n) is 5.17. The van der Waals surface area contributed by atoms with Crippen molar-refractivity contribution in [3.8, 4) is 0 Å². The molecule has 1 aliphatic rings. The van der Waals surface area contributed by atoms with Gasteiger partial charge in [-0.25, -0.2) is 8.42 Å². The highest BCUT2D eigenvalue weighted by atomic mass is 35.7. The number of carbonyl (C=O) groups is 1. The van der Waals surface area contributed by atoms with Crippen LogP contribution in [0.1, 0.15) is 15.9 Å². The van der Waals surface area contributed by atoms with Crippen molar-refractivity contribution < 1.29 is 13.2 Å². The van der Waals surface area contributed by atoms with Gasteiger partial charge in [-0.2, -0.15) is 0 Å². The van der Waals surface area contributed by atoms with E-state index in [9.17, 15) is 13.2 Å². The van der Waals surface area contributed by atoms with Gasteiger partial charge in [0, 0.05) is 22.8 Å². The van der Waals surface area contributed by atoms with E-state index in [1.807, 2.05) is 11.9 Å². The lowest BCUT2D eigenvalue weighted by molar-refractivity contribution is 0.0954. The van der Waals surface area contributed by atoms with Crippen LogP contribution in [-0.4, -0.2) is 39.2 Å². The summed E-state index contributed by atoms with van der Waals surface area (Å²) in [5, 5.41) is 0. The molecule has 2 rings (SSSR count). The lowest BCUT2D eigenvalue weighted by Gasteiger charge is -2.09. The Hall–Kier alpha value is -0.910. The van der Waals surface area contributed by atoms with E-state index >= 15 is 0 Å². The van der Waals surface area contributed by atoms with Crippen LogP contribution in [0.2, 0.25) is 0 Å². The van der Waals surface area contributed by atoms with E-state index in [2.05, 4.69) is 0 Å². The first kappa shape index (κ1) is 12.5. The minimum absolute atomic E-state index is 0.0125. The fourth-order valence-corrected chi connectivity index (χ4v) is 2.72. The summed E-state index contributed by atoms with van der Waals surface area (Å²) in [7, 11) is 3.42. The monoisotopic (exact) mass is 273 g/mol. The van der Waals surface area contributed by atoms with Crippen molar-refractivity contribution in [2.24, 2.45) is 0 Å². The fourth-order valence-electron chi connectivity index (χ4n) is 1.92. The van der Waals surface area contributed by atoms with Crippen LogP contribution in [0.4, 0.5) is 0 Å². The summed E-state index contributed by atoms with van der Waals surface area (Å²) in [5.41, 5.74) is 1.35. The highest BCUT2D eigenvalue weighted by molar-refractivity contribution is 8.13. The molecule has 0 aromatic heterocycles. The molecule has 1 heterocycles. The third-order valence-electron chi connectivity index (χ3n) is 2.84. The second-order valence-electron chi connectivity index (χ2n) is 4.17. The van der Waals surface area contributed by atoms with Gasteiger partial charge in [0.15, 0.2) is 5.78 Å². The van der Waals surface area contributed by atoms with E-state index in [0.29, 0.717) is 18.5 Å². The number of benzene rings is 1. The molecule has 0 saturated carbocycles. The molecule has 0 fully saturated rings. The minimum Gasteiger partial charge on any atom is -0.299 e. The van der Waals surface area contributed by atoms with Crippen molar-refractivity contribution in [2.75, 3.05) is 20.1 Å². The first-order chi connectivity index (χ1) is 7.88. The van der Waals surface area contributed by atoms with Gasteiger partial charge in [-0.05, 0) is 37.2 Å². The second kappa shape index (κ2) is 4.40. The topological polar surface area (TPSA) is 54.5 Å². The van der Waals surface area contributed by atoms with Crippen LogP contribution in [-0.2, 0) is 15.5 Å². The summed E-state index contributed by atoms with van der Waals surface area (Å²) in [6.07, 6.45) is 0.651. The summed E-state index contributed by atoms with van der Waals surface area (Å²) >= 11 is 0.